The van der Waals surface area contributed by atoms with E-state index in [9.17, 15) is 0 Å². The molecule has 0 saturated carbocycles. The lowest BCUT2D eigenvalue weighted by molar-refractivity contribution is 0.398. The number of ether oxygens (including phenoxy) is 1. The number of hydrogen-bond acceptors (Lipinski definition) is 3. The summed E-state index contributed by atoms with van der Waals surface area (Å²) in [6, 6.07) is 8.72. The van der Waals surface area contributed by atoms with Gasteiger partial charge in [-0.15, -0.1) is 0 Å². The zero-order valence-corrected chi connectivity index (χ0v) is 14.3. The van der Waals surface area contributed by atoms with Gasteiger partial charge < -0.3 is 10.1 Å². The quantitative estimate of drug-likeness (QED) is 0.771. The van der Waals surface area contributed by atoms with Gasteiger partial charge in [-0.1, -0.05) is 28.9 Å². The lowest BCUT2D eigenvalue weighted by Gasteiger charge is -2.21. The molecule has 2 rings (SSSR count). The van der Waals surface area contributed by atoms with Crippen molar-refractivity contribution < 1.29 is 4.74 Å². The van der Waals surface area contributed by atoms with E-state index in [4.69, 9.17) is 4.74 Å². The minimum atomic E-state index is 0.285. The van der Waals surface area contributed by atoms with Gasteiger partial charge >= 0.3 is 0 Å². The molecule has 1 aromatic heterocycles. The highest BCUT2D eigenvalue weighted by atomic mass is 79.9. The van der Waals surface area contributed by atoms with Crippen LogP contribution in [0, 0.1) is 0 Å². The molecule has 0 saturated heterocycles. The van der Waals surface area contributed by atoms with E-state index in [1.807, 2.05) is 6.07 Å². The highest BCUT2D eigenvalue weighted by Crippen LogP contribution is 2.31. The van der Waals surface area contributed by atoms with Crippen molar-refractivity contribution in [2.24, 2.45) is 0 Å². The Bertz CT molecular complexity index is 527. The van der Waals surface area contributed by atoms with Crippen LogP contribution in [0.4, 0.5) is 0 Å². The van der Waals surface area contributed by atoms with Gasteiger partial charge in [-0.05, 0) is 53.9 Å². The van der Waals surface area contributed by atoms with E-state index >= 15 is 0 Å². The molecule has 0 bridgehead atoms. The Labute approximate surface area is 133 Å². The molecule has 2 aromatic rings. The highest BCUT2D eigenvalue weighted by Gasteiger charge is 2.16. The molecule has 0 radical (unpaired) electrons. The maximum Gasteiger partial charge on any atom is 0.124 e. The van der Waals surface area contributed by atoms with Crippen LogP contribution >= 0.6 is 27.3 Å². The van der Waals surface area contributed by atoms with Gasteiger partial charge in [0.25, 0.3) is 0 Å². The summed E-state index contributed by atoms with van der Waals surface area (Å²) >= 11 is 5.25. The fourth-order valence-electron chi connectivity index (χ4n) is 2.23. The summed E-state index contributed by atoms with van der Waals surface area (Å²) in [5, 5.41) is 7.97. The smallest absolute Gasteiger partial charge is 0.124 e. The van der Waals surface area contributed by atoms with Crippen molar-refractivity contribution in [3.8, 4) is 5.75 Å². The number of methoxy groups -OCH3 is 1. The molecule has 0 aliphatic carbocycles. The molecule has 0 aliphatic heterocycles. The molecule has 0 spiro atoms. The lowest BCUT2D eigenvalue weighted by Crippen LogP contribution is -2.24. The van der Waals surface area contributed by atoms with E-state index in [0.717, 1.165) is 29.6 Å². The van der Waals surface area contributed by atoms with E-state index in [0.29, 0.717) is 0 Å². The van der Waals surface area contributed by atoms with Crippen molar-refractivity contribution in [1.82, 2.24) is 5.32 Å². The molecule has 2 nitrogen and oxygen atoms in total. The molecule has 0 fully saturated rings. The fourth-order valence-corrected chi connectivity index (χ4v) is 3.25. The summed E-state index contributed by atoms with van der Waals surface area (Å²) in [5.74, 6) is 0.934. The van der Waals surface area contributed by atoms with Crippen molar-refractivity contribution in [3.05, 3.63) is 50.6 Å². The maximum absolute atomic E-state index is 5.54. The van der Waals surface area contributed by atoms with Crippen LogP contribution in [0.15, 0.2) is 39.5 Å². The molecule has 1 N–H and O–H groups in total. The number of nitrogens with one attached hydrogen (secondary N) is 1. The minimum Gasteiger partial charge on any atom is -0.496 e. The Morgan fingerprint density at radius 1 is 1.35 bits per heavy atom. The Kier molecular flexibility index (Phi) is 6.07. The molecule has 1 unspecified atom stereocenters. The minimum absolute atomic E-state index is 0.285. The summed E-state index contributed by atoms with van der Waals surface area (Å²) in [6.07, 6.45) is 2.11. The average molecular weight is 354 g/mol. The van der Waals surface area contributed by atoms with Gasteiger partial charge in [0.2, 0.25) is 0 Å². The fraction of sp³-hybridized carbons (Fsp3) is 0.375. The van der Waals surface area contributed by atoms with Gasteiger partial charge in [0.05, 0.1) is 7.11 Å². The van der Waals surface area contributed by atoms with Crippen molar-refractivity contribution in [3.63, 3.8) is 0 Å². The van der Waals surface area contributed by atoms with Crippen LogP contribution in [0.25, 0.3) is 0 Å². The number of hydrogen-bond donors (Lipinski definition) is 1. The van der Waals surface area contributed by atoms with E-state index < -0.39 is 0 Å². The molecule has 0 aliphatic rings. The molecule has 1 heterocycles. The Balaban J connectivity index is 2.25. The maximum atomic E-state index is 5.54. The molecule has 20 heavy (non-hydrogen) atoms. The van der Waals surface area contributed by atoms with Crippen molar-refractivity contribution >= 4 is 27.3 Å². The van der Waals surface area contributed by atoms with Crippen LogP contribution < -0.4 is 10.1 Å². The van der Waals surface area contributed by atoms with E-state index in [1.54, 1.807) is 18.4 Å². The topological polar surface area (TPSA) is 21.3 Å². The van der Waals surface area contributed by atoms with Gasteiger partial charge in [0.15, 0.2) is 0 Å². The van der Waals surface area contributed by atoms with Gasteiger partial charge in [0, 0.05) is 16.1 Å². The first-order valence-corrected chi connectivity index (χ1v) is 8.56. The third kappa shape index (κ3) is 4.08. The number of benzene rings is 1. The summed E-state index contributed by atoms with van der Waals surface area (Å²) in [5.41, 5.74) is 2.59. The van der Waals surface area contributed by atoms with Crippen molar-refractivity contribution in [2.75, 3.05) is 13.7 Å². The Morgan fingerprint density at radius 3 is 2.85 bits per heavy atom. The van der Waals surface area contributed by atoms with Crippen LogP contribution in [0.1, 0.15) is 30.5 Å². The van der Waals surface area contributed by atoms with Gasteiger partial charge in [-0.3, -0.25) is 0 Å². The molecule has 0 amide bonds. The molecule has 1 aromatic carbocycles. The number of halogens is 1. The molecular weight excluding hydrogens is 334 g/mol. The van der Waals surface area contributed by atoms with Crippen LogP contribution in [-0.4, -0.2) is 13.7 Å². The predicted molar refractivity (Wildman–Crippen MR) is 89.8 cm³/mol. The third-order valence-electron chi connectivity index (χ3n) is 3.23. The first kappa shape index (κ1) is 15.5. The number of rotatable bonds is 7. The van der Waals surface area contributed by atoms with Crippen LogP contribution in [0.2, 0.25) is 0 Å². The van der Waals surface area contributed by atoms with Gasteiger partial charge in [-0.25, -0.2) is 0 Å². The Morgan fingerprint density at radius 2 is 2.20 bits per heavy atom. The zero-order valence-electron chi connectivity index (χ0n) is 11.9. The monoisotopic (exact) mass is 353 g/mol. The highest BCUT2D eigenvalue weighted by molar-refractivity contribution is 9.10. The first-order valence-electron chi connectivity index (χ1n) is 6.82. The zero-order chi connectivity index (χ0) is 14.4. The van der Waals surface area contributed by atoms with E-state index in [-0.39, 0.29) is 6.04 Å². The van der Waals surface area contributed by atoms with Crippen LogP contribution in [0.3, 0.4) is 0 Å². The SMILES string of the molecule is CCCNC(Cc1ccsc1)c1ccc(Br)cc1OC. The summed E-state index contributed by atoms with van der Waals surface area (Å²) < 4.78 is 6.58. The van der Waals surface area contributed by atoms with E-state index in [2.05, 4.69) is 57.1 Å². The largest absolute Gasteiger partial charge is 0.496 e. The van der Waals surface area contributed by atoms with Crippen molar-refractivity contribution in [1.29, 1.82) is 0 Å². The second kappa shape index (κ2) is 7.81. The van der Waals surface area contributed by atoms with Gasteiger partial charge in [0.1, 0.15) is 5.75 Å². The number of thiophene rings is 1. The van der Waals surface area contributed by atoms with Crippen LogP contribution in [-0.2, 0) is 6.42 Å². The van der Waals surface area contributed by atoms with E-state index in [1.165, 1.54) is 11.1 Å². The molecule has 108 valence electrons. The Hall–Kier alpha value is -0.840. The first-order chi connectivity index (χ1) is 9.74. The summed E-state index contributed by atoms with van der Waals surface area (Å²) in [6.45, 7) is 3.20. The average Bonchev–Trinajstić information content (AvgIpc) is 2.96. The summed E-state index contributed by atoms with van der Waals surface area (Å²) in [4.78, 5) is 0. The van der Waals surface area contributed by atoms with Gasteiger partial charge in [-0.2, -0.15) is 11.3 Å². The standard InChI is InChI=1S/C16H20BrNOS/c1-3-7-18-15(9-12-6-8-20-11-12)14-5-4-13(17)10-16(14)19-2/h4-6,8,10-11,15,18H,3,7,9H2,1-2H3. The molecule has 4 heteroatoms. The van der Waals surface area contributed by atoms with Crippen molar-refractivity contribution in [2.45, 2.75) is 25.8 Å². The summed E-state index contributed by atoms with van der Waals surface area (Å²) in [7, 11) is 1.73. The third-order valence-corrected chi connectivity index (χ3v) is 4.46. The normalized spacial score (nSPS) is 12.3. The lowest BCUT2D eigenvalue weighted by atomic mass is 9.99. The second-order valence-electron chi connectivity index (χ2n) is 4.73. The van der Waals surface area contributed by atoms with Crippen LogP contribution in [0.5, 0.6) is 5.75 Å². The predicted octanol–water partition coefficient (Wildman–Crippen LogP) is 4.80. The molecule has 1 atom stereocenters. The second-order valence-corrected chi connectivity index (χ2v) is 6.42. The molecular formula is C16H20BrNOS.